The average molecular weight is 442 g/mol. The van der Waals surface area contributed by atoms with Crippen LogP contribution in [0.4, 0.5) is 0 Å². The molecule has 0 unspecified atom stereocenters. The maximum Gasteiger partial charge on any atom is 0.240 e. The van der Waals surface area contributed by atoms with Crippen molar-refractivity contribution in [2.45, 2.75) is 136 Å². The molecular formula is C27H56NOP. The van der Waals surface area contributed by atoms with Crippen LogP contribution in [0.15, 0.2) is 12.7 Å². The number of primary amides is 1. The summed E-state index contributed by atoms with van der Waals surface area (Å²) in [6.45, 7) is 10.0. The Morgan fingerprint density at radius 1 is 0.600 bits per heavy atom. The summed E-state index contributed by atoms with van der Waals surface area (Å²) in [5.74, 6) is -0.481. The lowest BCUT2D eigenvalue weighted by atomic mass is 10.1. The Bertz CT molecular complexity index is 308. The van der Waals surface area contributed by atoms with Crippen molar-refractivity contribution in [1.29, 1.82) is 0 Å². The third-order valence-electron chi connectivity index (χ3n) is 5.68. The Kier molecular flexibility index (Phi) is 30.4. The topological polar surface area (TPSA) is 43.1 Å². The second kappa shape index (κ2) is 28.6. The predicted octanol–water partition coefficient (Wildman–Crippen LogP) is 9.21. The molecule has 2 nitrogen and oxygen atoms in total. The van der Waals surface area contributed by atoms with E-state index in [4.69, 9.17) is 0 Å². The molecule has 0 radical (unpaired) electrons. The fraction of sp³-hybridized carbons (Fsp3) is 0.889. The molecule has 0 aromatic rings. The number of hydrogen-bond donors (Lipinski definition) is 1. The van der Waals surface area contributed by atoms with Crippen molar-refractivity contribution in [2.24, 2.45) is 5.73 Å². The van der Waals surface area contributed by atoms with Crippen molar-refractivity contribution in [2.75, 3.05) is 18.5 Å². The van der Waals surface area contributed by atoms with Crippen molar-refractivity contribution in [3.63, 3.8) is 0 Å². The summed E-state index contributed by atoms with van der Waals surface area (Å²) in [5.41, 5.74) is 4.53. The van der Waals surface area contributed by atoms with Crippen LogP contribution in [0.1, 0.15) is 136 Å². The fourth-order valence-electron chi connectivity index (χ4n) is 3.68. The number of carbonyl (C=O) groups is 1. The standard InChI is InChI=1S/C24H51P.C3H5NO/c1-4-7-10-13-16-19-22-25(23-20-17-14-11-8-5-2)24-21-18-15-12-9-6-3;1-2-3(4)5/h4-24H2,1-3H3;2H,1H2,(H2,4,5). The second-order valence-electron chi connectivity index (χ2n) is 8.75. The molecule has 180 valence electrons. The zero-order valence-electron chi connectivity index (χ0n) is 21.1. The van der Waals surface area contributed by atoms with Gasteiger partial charge in [-0.3, -0.25) is 4.79 Å². The Morgan fingerprint density at radius 3 is 1.07 bits per heavy atom. The molecule has 0 heterocycles. The zero-order chi connectivity index (χ0) is 22.7. The molecule has 0 aromatic heterocycles. The molecule has 0 saturated carbocycles. The van der Waals surface area contributed by atoms with Gasteiger partial charge in [0.1, 0.15) is 0 Å². The summed E-state index contributed by atoms with van der Waals surface area (Å²) >= 11 is 0. The maximum atomic E-state index is 9.47. The van der Waals surface area contributed by atoms with Gasteiger partial charge in [0.15, 0.2) is 0 Å². The van der Waals surface area contributed by atoms with E-state index in [0.717, 1.165) is 6.08 Å². The first kappa shape index (κ1) is 31.8. The third-order valence-corrected chi connectivity index (χ3v) is 8.53. The fourth-order valence-corrected chi connectivity index (χ4v) is 6.37. The third kappa shape index (κ3) is 29.8. The highest BCUT2D eigenvalue weighted by Crippen LogP contribution is 2.39. The van der Waals surface area contributed by atoms with Crippen LogP contribution in [0.5, 0.6) is 0 Å². The number of amides is 1. The largest absolute Gasteiger partial charge is 0.366 e. The highest BCUT2D eigenvalue weighted by atomic mass is 31.1. The Morgan fingerprint density at radius 2 is 0.833 bits per heavy atom. The number of nitrogens with two attached hydrogens (primary N) is 1. The van der Waals surface area contributed by atoms with E-state index in [1.54, 1.807) is 18.5 Å². The van der Waals surface area contributed by atoms with E-state index in [1.165, 1.54) is 116 Å². The van der Waals surface area contributed by atoms with Crippen LogP contribution in [0, 0.1) is 0 Å². The molecule has 2 N–H and O–H groups in total. The molecule has 0 aromatic carbocycles. The molecule has 0 spiro atoms. The number of carbonyl (C=O) groups excluding carboxylic acids is 1. The molecule has 0 rings (SSSR count). The molecule has 0 aliphatic heterocycles. The van der Waals surface area contributed by atoms with Crippen molar-refractivity contribution < 1.29 is 4.79 Å². The summed E-state index contributed by atoms with van der Waals surface area (Å²) in [7, 11) is 0.366. The van der Waals surface area contributed by atoms with Crippen molar-refractivity contribution >= 4 is 13.8 Å². The lowest BCUT2D eigenvalue weighted by Gasteiger charge is -2.18. The van der Waals surface area contributed by atoms with Gasteiger partial charge in [-0.15, -0.1) is 7.92 Å². The SMILES string of the molecule is C=CC(N)=O.CCCCCCCCP(CCCCCCCC)CCCCCCCC. The van der Waals surface area contributed by atoms with Gasteiger partial charge in [-0.05, 0) is 43.8 Å². The van der Waals surface area contributed by atoms with Crippen molar-refractivity contribution in [3.05, 3.63) is 12.7 Å². The quantitative estimate of drug-likeness (QED) is 0.101. The summed E-state index contributed by atoms with van der Waals surface area (Å²) in [6.07, 6.45) is 32.3. The first-order valence-electron chi connectivity index (χ1n) is 13.3. The van der Waals surface area contributed by atoms with Gasteiger partial charge in [0.25, 0.3) is 0 Å². The summed E-state index contributed by atoms with van der Waals surface area (Å²) in [4.78, 5) is 9.47. The lowest BCUT2D eigenvalue weighted by Crippen LogP contribution is -2.04. The van der Waals surface area contributed by atoms with Crippen LogP contribution in [0.3, 0.4) is 0 Å². The van der Waals surface area contributed by atoms with Crippen LogP contribution in [0.25, 0.3) is 0 Å². The Labute approximate surface area is 192 Å². The van der Waals surface area contributed by atoms with Gasteiger partial charge >= 0.3 is 0 Å². The number of hydrogen-bond acceptors (Lipinski definition) is 1. The first-order chi connectivity index (χ1) is 14.6. The van der Waals surface area contributed by atoms with Crippen LogP contribution < -0.4 is 5.73 Å². The normalized spacial score (nSPS) is 10.7. The maximum absolute atomic E-state index is 9.47. The Hall–Kier alpha value is -0.360. The molecule has 0 saturated heterocycles. The van der Waals surface area contributed by atoms with Gasteiger partial charge < -0.3 is 5.73 Å². The van der Waals surface area contributed by atoms with Gasteiger partial charge in [0.2, 0.25) is 5.91 Å². The number of rotatable bonds is 22. The minimum Gasteiger partial charge on any atom is -0.366 e. The lowest BCUT2D eigenvalue weighted by molar-refractivity contribution is -0.113. The Balaban J connectivity index is 0. The monoisotopic (exact) mass is 441 g/mol. The van der Waals surface area contributed by atoms with E-state index in [-0.39, 0.29) is 0 Å². The smallest absolute Gasteiger partial charge is 0.240 e. The molecule has 1 amide bonds. The summed E-state index contributed by atoms with van der Waals surface area (Å²) in [6, 6.07) is 0. The van der Waals surface area contributed by atoms with Gasteiger partial charge in [-0.1, -0.05) is 124 Å². The molecular weight excluding hydrogens is 385 g/mol. The average Bonchev–Trinajstić information content (AvgIpc) is 2.75. The zero-order valence-corrected chi connectivity index (χ0v) is 22.0. The summed E-state index contributed by atoms with van der Waals surface area (Å²) in [5, 5.41) is 0. The van der Waals surface area contributed by atoms with Crippen LogP contribution in [-0.2, 0) is 4.79 Å². The van der Waals surface area contributed by atoms with E-state index >= 15 is 0 Å². The van der Waals surface area contributed by atoms with Crippen LogP contribution in [-0.4, -0.2) is 24.4 Å². The molecule has 0 bridgehead atoms. The van der Waals surface area contributed by atoms with Crippen LogP contribution >= 0.6 is 7.92 Å². The van der Waals surface area contributed by atoms with E-state index < -0.39 is 5.91 Å². The predicted molar refractivity (Wildman–Crippen MR) is 141 cm³/mol. The van der Waals surface area contributed by atoms with Gasteiger partial charge in [0, 0.05) is 0 Å². The molecule has 0 aliphatic carbocycles. The van der Waals surface area contributed by atoms with Gasteiger partial charge in [-0.25, -0.2) is 0 Å². The van der Waals surface area contributed by atoms with Crippen LogP contribution in [0.2, 0.25) is 0 Å². The van der Waals surface area contributed by atoms with E-state index in [0.29, 0.717) is 7.92 Å². The van der Waals surface area contributed by atoms with E-state index in [2.05, 4.69) is 33.1 Å². The first-order valence-corrected chi connectivity index (χ1v) is 15.2. The highest BCUT2D eigenvalue weighted by molar-refractivity contribution is 7.57. The minimum absolute atomic E-state index is 0.366. The second-order valence-corrected chi connectivity index (χ2v) is 11.4. The molecule has 0 aliphatic rings. The molecule has 0 atom stereocenters. The van der Waals surface area contributed by atoms with Gasteiger partial charge in [0.05, 0.1) is 0 Å². The molecule has 0 fully saturated rings. The summed E-state index contributed by atoms with van der Waals surface area (Å²) < 4.78 is 0. The van der Waals surface area contributed by atoms with E-state index in [9.17, 15) is 4.79 Å². The van der Waals surface area contributed by atoms with E-state index in [1.807, 2.05) is 0 Å². The minimum atomic E-state index is -0.481. The van der Waals surface area contributed by atoms with Crippen molar-refractivity contribution in [1.82, 2.24) is 0 Å². The molecule has 3 heteroatoms. The number of unbranched alkanes of at least 4 members (excludes halogenated alkanes) is 15. The van der Waals surface area contributed by atoms with Gasteiger partial charge in [-0.2, -0.15) is 0 Å². The molecule has 30 heavy (non-hydrogen) atoms. The van der Waals surface area contributed by atoms with Crippen molar-refractivity contribution in [3.8, 4) is 0 Å². The highest BCUT2D eigenvalue weighted by Gasteiger charge is 2.07.